The fourth-order valence-electron chi connectivity index (χ4n) is 3.24. The van der Waals surface area contributed by atoms with Gasteiger partial charge < -0.3 is 19.9 Å². The number of carbonyl (C=O) groups is 2. The number of hydrogen-bond donors (Lipinski definition) is 1. The van der Waals surface area contributed by atoms with Gasteiger partial charge in [-0.05, 0) is 30.7 Å². The van der Waals surface area contributed by atoms with E-state index >= 15 is 0 Å². The second-order valence-corrected chi connectivity index (χ2v) is 6.52. The highest BCUT2D eigenvalue weighted by Crippen LogP contribution is 2.40. The van der Waals surface area contributed by atoms with Gasteiger partial charge in [-0.1, -0.05) is 0 Å². The topological polar surface area (TPSA) is 61.9 Å². The van der Waals surface area contributed by atoms with Gasteiger partial charge in [0.2, 0.25) is 11.8 Å². The van der Waals surface area contributed by atoms with Crippen LogP contribution in [0, 0.1) is 17.7 Å². The molecule has 2 unspecified atom stereocenters. The molecule has 1 heterocycles. The lowest BCUT2D eigenvalue weighted by atomic mass is 10.2. The van der Waals surface area contributed by atoms with E-state index in [0.29, 0.717) is 32.7 Å². The van der Waals surface area contributed by atoms with E-state index in [1.54, 1.807) is 19.2 Å². The summed E-state index contributed by atoms with van der Waals surface area (Å²) in [5.41, 5.74) is 0.968. The van der Waals surface area contributed by atoms with Crippen LogP contribution in [0.3, 0.4) is 0 Å². The summed E-state index contributed by atoms with van der Waals surface area (Å²) >= 11 is 0. The summed E-state index contributed by atoms with van der Waals surface area (Å²) < 4.78 is 17.9. The third-order valence-corrected chi connectivity index (χ3v) is 4.83. The van der Waals surface area contributed by atoms with Gasteiger partial charge in [0.1, 0.15) is 5.82 Å². The first-order valence-electron chi connectivity index (χ1n) is 8.66. The largest absolute Gasteiger partial charge is 0.383 e. The molecule has 1 aliphatic carbocycles. The molecule has 0 bridgehead atoms. The summed E-state index contributed by atoms with van der Waals surface area (Å²) in [5.74, 6) is -0.605. The van der Waals surface area contributed by atoms with Crippen LogP contribution in [0.15, 0.2) is 24.3 Å². The lowest BCUT2D eigenvalue weighted by Crippen LogP contribution is -2.49. The molecule has 1 saturated heterocycles. The Morgan fingerprint density at radius 3 is 2.48 bits per heavy atom. The molecule has 0 radical (unpaired) electrons. The molecule has 2 atom stereocenters. The van der Waals surface area contributed by atoms with Crippen molar-refractivity contribution in [3.63, 3.8) is 0 Å². The van der Waals surface area contributed by atoms with Gasteiger partial charge in [0.15, 0.2) is 0 Å². The van der Waals surface area contributed by atoms with Crippen molar-refractivity contribution in [2.24, 2.45) is 11.8 Å². The first kappa shape index (κ1) is 17.7. The summed E-state index contributed by atoms with van der Waals surface area (Å²) in [6.07, 6.45) is 0.635. The second kappa shape index (κ2) is 7.82. The number of rotatable bonds is 6. The standard InChI is InChI=1S/C18H24FN3O3/c1-25-11-6-20-17(23)15-12-16(15)18(24)22-9-7-21(8-10-22)14-4-2-13(19)3-5-14/h2-5,15-16H,6-12H2,1H3,(H,20,23). The number of hydrogen-bond acceptors (Lipinski definition) is 4. The van der Waals surface area contributed by atoms with Crippen LogP contribution in [0.4, 0.5) is 10.1 Å². The summed E-state index contributed by atoms with van der Waals surface area (Å²) in [7, 11) is 1.58. The first-order valence-corrected chi connectivity index (χ1v) is 8.66. The zero-order valence-electron chi connectivity index (χ0n) is 14.4. The normalized spacial score (nSPS) is 22.6. The Bertz CT molecular complexity index is 614. The van der Waals surface area contributed by atoms with E-state index in [1.807, 2.05) is 4.90 Å². The lowest BCUT2D eigenvalue weighted by Gasteiger charge is -2.36. The highest BCUT2D eigenvalue weighted by molar-refractivity contribution is 5.92. The fourth-order valence-corrected chi connectivity index (χ4v) is 3.24. The molecule has 1 aromatic carbocycles. The molecule has 136 valence electrons. The zero-order valence-corrected chi connectivity index (χ0v) is 14.4. The van der Waals surface area contributed by atoms with Crippen LogP contribution in [-0.4, -0.2) is 63.2 Å². The Labute approximate surface area is 146 Å². The number of nitrogens with one attached hydrogen (secondary N) is 1. The Morgan fingerprint density at radius 1 is 1.16 bits per heavy atom. The molecular weight excluding hydrogens is 325 g/mol. The molecule has 7 heteroatoms. The van der Waals surface area contributed by atoms with Gasteiger partial charge in [0.25, 0.3) is 0 Å². The molecule has 1 N–H and O–H groups in total. The minimum absolute atomic E-state index is 0.0552. The van der Waals surface area contributed by atoms with Crippen LogP contribution < -0.4 is 10.2 Å². The number of nitrogens with zero attached hydrogens (tertiary/aromatic N) is 2. The first-order chi connectivity index (χ1) is 12.1. The average molecular weight is 349 g/mol. The summed E-state index contributed by atoms with van der Waals surface area (Å²) in [6, 6.07) is 6.41. The molecular formula is C18H24FN3O3. The summed E-state index contributed by atoms with van der Waals surface area (Å²) in [5, 5.41) is 2.79. The maximum Gasteiger partial charge on any atom is 0.226 e. The third-order valence-electron chi connectivity index (χ3n) is 4.83. The number of carbonyl (C=O) groups excluding carboxylic acids is 2. The quantitative estimate of drug-likeness (QED) is 0.775. The van der Waals surface area contributed by atoms with Gasteiger partial charge in [-0.25, -0.2) is 4.39 Å². The molecule has 25 heavy (non-hydrogen) atoms. The van der Waals surface area contributed by atoms with E-state index in [9.17, 15) is 14.0 Å². The van der Waals surface area contributed by atoms with Crippen LogP contribution in [-0.2, 0) is 14.3 Å². The minimum Gasteiger partial charge on any atom is -0.383 e. The number of amides is 2. The van der Waals surface area contributed by atoms with Crippen LogP contribution in [0.1, 0.15) is 6.42 Å². The molecule has 1 aromatic rings. The molecule has 0 spiro atoms. The van der Waals surface area contributed by atoms with Gasteiger partial charge in [-0.2, -0.15) is 0 Å². The van der Waals surface area contributed by atoms with Crippen LogP contribution in [0.5, 0.6) is 0 Å². The average Bonchev–Trinajstić information content (AvgIpc) is 3.43. The van der Waals surface area contributed by atoms with Crippen molar-refractivity contribution < 1.29 is 18.7 Å². The van der Waals surface area contributed by atoms with E-state index in [0.717, 1.165) is 18.8 Å². The maximum absolute atomic E-state index is 13.0. The second-order valence-electron chi connectivity index (χ2n) is 6.52. The smallest absolute Gasteiger partial charge is 0.226 e. The van der Waals surface area contributed by atoms with Crippen molar-refractivity contribution >= 4 is 17.5 Å². The van der Waals surface area contributed by atoms with Gasteiger partial charge in [-0.3, -0.25) is 9.59 Å². The third kappa shape index (κ3) is 4.28. The van der Waals surface area contributed by atoms with E-state index in [-0.39, 0.29) is 29.5 Å². The van der Waals surface area contributed by atoms with Gasteiger partial charge in [-0.15, -0.1) is 0 Å². The number of ether oxygens (including phenoxy) is 1. The predicted molar refractivity (Wildman–Crippen MR) is 91.7 cm³/mol. The van der Waals surface area contributed by atoms with E-state index in [1.165, 1.54) is 12.1 Å². The molecule has 1 aliphatic heterocycles. The van der Waals surface area contributed by atoms with Crippen LogP contribution in [0.2, 0.25) is 0 Å². The SMILES string of the molecule is COCCNC(=O)C1CC1C(=O)N1CCN(c2ccc(F)cc2)CC1. The Morgan fingerprint density at radius 2 is 1.84 bits per heavy atom. The van der Waals surface area contributed by atoms with Crippen molar-refractivity contribution in [1.82, 2.24) is 10.2 Å². The molecule has 0 aromatic heterocycles. The maximum atomic E-state index is 13.0. The number of methoxy groups -OCH3 is 1. The summed E-state index contributed by atoms with van der Waals surface area (Å²) in [6.45, 7) is 3.64. The predicted octanol–water partition coefficient (Wildman–Crippen LogP) is 0.873. The molecule has 6 nitrogen and oxygen atoms in total. The number of halogens is 1. The minimum atomic E-state index is -0.249. The fraction of sp³-hybridized carbons (Fsp3) is 0.556. The van der Waals surface area contributed by atoms with Crippen molar-refractivity contribution in [3.8, 4) is 0 Å². The molecule has 2 aliphatic rings. The van der Waals surface area contributed by atoms with Crippen molar-refractivity contribution in [3.05, 3.63) is 30.1 Å². The van der Waals surface area contributed by atoms with Gasteiger partial charge in [0, 0.05) is 45.5 Å². The number of anilines is 1. The van der Waals surface area contributed by atoms with Crippen molar-refractivity contribution in [2.45, 2.75) is 6.42 Å². The molecule has 2 amide bonds. The lowest BCUT2D eigenvalue weighted by molar-refractivity contribution is -0.135. The highest BCUT2D eigenvalue weighted by Gasteiger charge is 2.49. The zero-order chi connectivity index (χ0) is 17.8. The van der Waals surface area contributed by atoms with Gasteiger partial charge in [0.05, 0.1) is 18.4 Å². The van der Waals surface area contributed by atoms with E-state index < -0.39 is 0 Å². The van der Waals surface area contributed by atoms with Crippen LogP contribution >= 0.6 is 0 Å². The summed E-state index contributed by atoms with van der Waals surface area (Å²) in [4.78, 5) is 28.5. The highest BCUT2D eigenvalue weighted by atomic mass is 19.1. The molecule has 1 saturated carbocycles. The van der Waals surface area contributed by atoms with E-state index in [2.05, 4.69) is 10.2 Å². The van der Waals surface area contributed by atoms with Crippen LogP contribution in [0.25, 0.3) is 0 Å². The molecule has 2 fully saturated rings. The molecule has 3 rings (SSSR count). The number of benzene rings is 1. The monoisotopic (exact) mass is 349 g/mol. The Kier molecular flexibility index (Phi) is 5.53. The van der Waals surface area contributed by atoms with Crippen molar-refractivity contribution in [1.29, 1.82) is 0 Å². The Hall–Kier alpha value is -2.15. The van der Waals surface area contributed by atoms with E-state index in [4.69, 9.17) is 4.74 Å². The Balaban J connectivity index is 1.45. The van der Waals surface area contributed by atoms with Gasteiger partial charge >= 0.3 is 0 Å². The van der Waals surface area contributed by atoms with Crippen molar-refractivity contribution in [2.75, 3.05) is 51.3 Å². The number of piperazine rings is 1.